The molecule has 1 rings (SSSR count). The summed E-state index contributed by atoms with van der Waals surface area (Å²) in [6.45, 7) is 4.60. The van der Waals surface area contributed by atoms with Crippen LogP contribution in [-0.4, -0.2) is 0 Å². The minimum absolute atomic E-state index is 0.906. The first-order valence-corrected chi connectivity index (χ1v) is 5.55. The van der Waals surface area contributed by atoms with E-state index in [1.807, 2.05) is 0 Å². The van der Waals surface area contributed by atoms with Gasteiger partial charge in [0.25, 0.3) is 0 Å². The van der Waals surface area contributed by atoms with Gasteiger partial charge >= 0.3 is 0 Å². The van der Waals surface area contributed by atoms with Gasteiger partial charge in [-0.15, -0.1) is 0 Å². The number of hydrogen-bond acceptors (Lipinski definition) is 0. The average Bonchev–Trinajstić information content (AvgIpc) is 2.09. The zero-order valence-electron chi connectivity index (χ0n) is 8.55. The molecule has 0 spiro atoms. The van der Waals surface area contributed by atoms with Crippen molar-refractivity contribution in [3.8, 4) is 0 Å². The molecule has 0 aromatic carbocycles. The molecule has 0 amide bonds. The smallest absolute Gasteiger partial charge is 0.0205 e. The van der Waals surface area contributed by atoms with E-state index in [4.69, 9.17) is 0 Å². The third kappa shape index (κ3) is 2.66. The van der Waals surface area contributed by atoms with Gasteiger partial charge in [0.1, 0.15) is 0 Å². The summed E-state index contributed by atoms with van der Waals surface area (Å²) in [7, 11) is 0. The van der Waals surface area contributed by atoms with E-state index in [1.54, 1.807) is 0 Å². The van der Waals surface area contributed by atoms with Crippen molar-refractivity contribution in [1.29, 1.82) is 0 Å². The Bertz CT molecular complexity index is 135. The van der Waals surface area contributed by atoms with E-state index in [2.05, 4.69) is 26.0 Å². The van der Waals surface area contributed by atoms with Crippen LogP contribution in [0.4, 0.5) is 0 Å². The highest BCUT2D eigenvalue weighted by atomic mass is 14.2. The van der Waals surface area contributed by atoms with Gasteiger partial charge in [0.05, 0.1) is 0 Å². The molecule has 0 nitrogen and oxygen atoms in total. The molecule has 0 fully saturated rings. The molecule has 0 aromatic rings. The van der Waals surface area contributed by atoms with Gasteiger partial charge in [0.15, 0.2) is 0 Å². The first-order chi connectivity index (χ1) is 5.88. The highest BCUT2D eigenvalue weighted by Crippen LogP contribution is 2.31. The lowest BCUT2D eigenvalue weighted by atomic mass is 9.79. The molecule has 2 atom stereocenters. The zero-order valence-corrected chi connectivity index (χ0v) is 8.55. The lowest BCUT2D eigenvalue weighted by Crippen LogP contribution is -2.15. The molecule has 0 saturated heterocycles. The van der Waals surface area contributed by atoms with Gasteiger partial charge in [-0.2, -0.15) is 0 Å². The normalized spacial score (nSPS) is 29.2. The summed E-state index contributed by atoms with van der Waals surface area (Å²) in [5.41, 5.74) is 0. The van der Waals surface area contributed by atoms with Crippen LogP contribution < -0.4 is 0 Å². The number of hydrogen-bond donors (Lipinski definition) is 0. The number of rotatable bonds is 4. The molecular formula is C12H22. The van der Waals surface area contributed by atoms with Crippen LogP contribution in [0.2, 0.25) is 0 Å². The lowest BCUT2D eigenvalue weighted by Gasteiger charge is -2.27. The van der Waals surface area contributed by atoms with E-state index >= 15 is 0 Å². The van der Waals surface area contributed by atoms with E-state index in [9.17, 15) is 0 Å². The van der Waals surface area contributed by atoms with Crippen LogP contribution in [0, 0.1) is 11.8 Å². The topological polar surface area (TPSA) is 0 Å². The molecule has 0 bridgehead atoms. The van der Waals surface area contributed by atoms with Gasteiger partial charge < -0.3 is 0 Å². The summed E-state index contributed by atoms with van der Waals surface area (Å²) < 4.78 is 0. The van der Waals surface area contributed by atoms with Crippen molar-refractivity contribution < 1.29 is 0 Å². The van der Waals surface area contributed by atoms with Crippen molar-refractivity contribution in [1.82, 2.24) is 0 Å². The van der Waals surface area contributed by atoms with E-state index < -0.39 is 0 Å². The summed E-state index contributed by atoms with van der Waals surface area (Å²) in [6, 6.07) is 0. The van der Waals surface area contributed by atoms with E-state index in [1.165, 1.54) is 38.5 Å². The predicted molar refractivity (Wildman–Crippen MR) is 55.2 cm³/mol. The predicted octanol–water partition coefficient (Wildman–Crippen LogP) is 4.17. The minimum Gasteiger partial charge on any atom is -0.0882 e. The second-order valence-electron chi connectivity index (χ2n) is 4.01. The van der Waals surface area contributed by atoms with Crippen LogP contribution in [0.25, 0.3) is 0 Å². The van der Waals surface area contributed by atoms with Crippen LogP contribution in [0.15, 0.2) is 12.2 Å². The van der Waals surface area contributed by atoms with Crippen molar-refractivity contribution in [2.24, 2.45) is 11.8 Å². The summed E-state index contributed by atoms with van der Waals surface area (Å²) in [6.07, 6.45) is 13.2. The molecule has 12 heavy (non-hydrogen) atoms. The van der Waals surface area contributed by atoms with Gasteiger partial charge in [0, 0.05) is 0 Å². The molecule has 0 aliphatic heterocycles. The molecular weight excluding hydrogens is 144 g/mol. The molecule has 0 heterocycles. The molecule has 70 valence electrons. The van der Waals surface area contributed by atoms with Crippen molar-refractivity contribution in [2.75, 3.05) is 0 Å². The highest BCUT2D eigenvalue weighted by Gasteiger charge is 2.19. The van der Waals surface area contributed by atoms with Gasteiger partial charge in [-0.05, 0) is 31.1 Å². The maximum absolute atomic E-state index is 2.47. The lowest BCUT2D eigenvalue weighted by molar-refractivity contribution is 0.314. The maximum Gasteiger partial charge on any atom is -0.0205 e. The standard InChI is InChI=1S/C12H22/c1-3-7-11-9-5-6-10-12(11)8-4-2/h5,9,11-12H,3-4,6-8,10H2,1-2H3. The van der Waals surface area contributed by atoms with Crippen LogP contribution in [0.3, 0.4) is 0 Å². The minimum atomic E-state index is 0.906. The van der Waals surface area contributed by atoms with Crippen molar-refractivity contribution in [2.45, 2.75) is 52.4 Å². The van der Waals surface area contributed by atoms with Crippen LogP contribution in [0.1, 0.15) is 52.4 Å². The summed E-state index contributed by atoms with van der Waals surface area (Å²) >= 11 is 0. The first-order valence-electron chi connectivity index (χ1n) is 5.55. The third-order valence-corrected chi connectivity index (χ3v) is 2.97. The first kappa shape index (κ1) is 9.83. The van der Waals surface area contributed by atoms with Crippen LogP contribution >= 0.6 is 0 Å². The fraction of sp³-hybridized carbons (Fsp3) is 0.833. The molecule has 0 radical (unpaired) electrons. The van der Waals surface area contributed by atoms with Gasteiger partial charge in [-0.3, -0.25) is 0 Å². The SMILES string of the molecule is CCCC1C=CCCC1CCC. The Morgan fingerprint density at radius 3 is 2.58 bits per heavy atom. The Kier molecular flexibility index (Phi) is 4.42. The Hall–Kier alpha value is -0.260. The highest BCUT2D eigenvalue weighted by molar-refractivity contribution is 4.96. The molecule has 0 saturated carbocycles. The molecule has 0 N–H and O–H groups in total. The van der Waals surface area contributed by atoms with E-state index in [0.717, 1.165) is 11.8 Å². The molecule has 1 aliphatic rings. The van der Waals surface area contributed by atoms with Gasteiger partial charge in [-0.1, -0.05) is 45.3 Å². The fourth-order valence-corrected chi connectivity index (χ4v) is 2.35. The maximum atomic E-state index is 2.47. The van der Waals surface area contributed by atoms with Crippen LogP contribution in [-0.2, 0) is 0 Å². The van der Waals surface area contributed by atoms with Crippen molar-refractivity contribution >= 4 is 0 Å². The van der Waals surface area contributed by atoms with Gasteiger partial charge in [-0.25, -0.2) is 0 Å². The Balaban J connectivity index is 2.41. The van der Waals surface area contributed by atoms with Gasteiger partial charge in [0.2, 0.25) is 0 Å². The fourth-order valence-electron chi connectivity index (χ4n) is 2.35. The van der Waals surface area contributed by atoms with Crippen LogP contribution in [0.5, 0.6) is 0 Å². The van der Waals surface area contributed by atoms with E-state index in [0.29, 0.717) is 0 Å². The monoisotopic (exact) mass is 166 g/mol. The Labute approximate surface area is 77.1 Å². The summed E-state index contributed by atoms with van der Waals surface area (Å²) in [4.78, 5) is 0. The average molecular weight is 166 g/mol. The Morgan fingerprint density at radius 2 is 1.92 bits per heavy atom. The van der Waals surface area contributed by atoms with E-state index in [-0.39, 0.29) is 0 Å². The second-order valence-corrected chi connectivity index (χ2v) is 4.01. The summed E-state index contributed by atoms with van der Waals surface area (Å²) in [5, 5.41) is 0. The quantitative estimate of drug-likeness (QED) is 0.550. The molecule has 0 heteroatoms. The third-order valence-electron chi connectivity index (χ3n) is 2.97. The van der Waals surface area contributed by atoms with Crippen molar-refractivity contribution in [3.05, 3.63) is 12.2 Å². The summed E-state index contributed by atoms with van der Waals surface area (Å²) in [5.74, 6) is 1.91. The molecule has 2 unspecified atom stereocenters. The number of allylic oxidation sites excluding steroid dienone is 2. The second kappa shape index (κ2) is 5.40. The Morgan fingerprint density at radius 1 is 1.17 bits per heavy atom. The molecule has 1 aliphatic carbocycles. The molecule has 0 aromatic heterocycles. The zero-order chi connectivity index (χ0) is 8.81. The van der Waals surface area contributed by atoms with Crippen molar-refractivity contribution in [3.63, 3.8) is 0 Å². The largest absolute Gasteiger partial charge is 0.0882 e.